The zero-order valence-electron chi connectivity index (χ0n) is 14.3. The van der Waals surface area contributed by atoms with Gasteiger partial charge >= 0.3 is 0 Å². The standard InChI is InChI=1S/C20H18O6/c1-11(2)7-8-25-20-18(24)17-15(23)9-14(22)10-16(17)26-19(20)12-3-5-13(21)6-4-12/h3-7,9-10,21-23H,8H2,1-2H3. The Kier molecular flexibility index (Phi) is 4.58. The van der Waals surface area contributed by atoms with E-state index in [1.165, 1.54) is 18.2 Å². The SMILES string of the molecule is CC(C)=CCOc1c(-c2ccc(O)cc2)oc2cc(O)cc(O)c2c1=O. The summed E-state index contributed by atoms with van der Waals surface area (Å²) < 4.78 is 11.4. The Morgan fingerprint density at radius 2 is 1.77 bits per heavy atom. The van der Waals surface area contributed by atoms with Gasteiger partial charge in [0.25, 0.3) is 0 Å². The van der Waals surface area contributed by atoms with Gasteiger partial charge in [0.1, 0.15) is 34.8 Å². The molecule has 0 atom stereocenters. The van der Waals surface area contributed by atoms with Crippen molar-refractivity contribution in [3.8, 4) is 34.3 Å². The number of hydrogen-bond acceptors (Lipinski definition) is 6. The Hall–Kier alpha value is -3.41. The number of benzene rings is 2. The molecule has 0 unspecified atom stereocenters. The highest BCUT2D eigenvalue weighted by Gasteiger charge is 2.20. The minimum Gasteiger partial charge on any atom is -0.508 e. The Morgan fingerprint density at radius 3 is 2.42 bits per heavy atom. The second kappa shape index (κ2) is 6.84. The highest BCUT2D eigenvalue weighted by atomic mass is 16.5. The predicted molar refractivity (Wildman–Crippen MR) is 97.8 cm³/mol. The van der Waals surface area contributed by atoms with Crippen molar-refractivity contribution in [2.24, 2.45) is 0 Å². The first-order valence-electron chi connectivity index (χ1n) is 7.95. The van der Waals surface area contributed by atoms with Crippen molar-refractivity contribution in [3.05, 3.63) is 58.3 Å². The van der Waals surface area contributed by atoms with Crippen molar-refractivity contribution in [1.29, 1.82) is 0 Å². The average molecular weight is 354 g/mol. The van der Waals surface area contributed by atoms with E-state index in [4.69, 9.17) is 9.15 Å². The third-order valence-corrected chi connectivity index (χ3v) is 3.77. The van der Waals surface area contributed by atoms with Crippen LogP contribution >= 0.6 is 0 Å². The third-order valence-electron chi connectivity index (χ3n) is 3.77. The van der Waals surface area contributed by atoms with Gasteiger partial charge in [0.2, 0.25) is 11.2 Å². The largest absolute Gasteiger partial charge is 0.508 e. The van der Waals surface area contributed by atoms with Gasteiger partial charge in [-0.3, -0.25) is 4.79 Å². The third kappa shape index (κ3) is 3.35. The van der Waals surface area contributed by atoms with Gasteiger partial charge in [-0.25, -0.2) is 0 Å². The fourth-order valence-electron chi connectivity index (χ4n) is 2.49. The molecule has 1 heterocycles. The van der Waals surface area contributed by atoms with E-state index in [0.717, 1.165) is 11.6 Å². The molecule has 0 saturated carbocycles. The van der Waals surface area contributed by atoms with Gasteiger partial charge in [-0.2, -0.15) is 0 Å². The lowest BCUT2D eigenvalue weighted by atomic mass is 10.1. The first kappa shape index (κ1) is 17.4. The number of allylic oxidation sites excluding steroid dienone is 1. The zero-order valence-corrected chi connectivity index (χ0v) is 14.3. The molecule has 3 N–H and O–H groups in total. The van der Waals surface area contributed by atoms with Crippen molar-refractivity contribution in [3.63, 3.8) is 0 Å². The number of rotatable bonds is 4. The summed E-state index contributed by atoms with van der Waals surface area (Å²) in [4.78, 5) is 12.9. The molecule has 134 valence electrons. The lowest BCUT2D eigenvalue weighted by Crippen LogP contribution is -2.10. The molecular formula is C20H18O6. The number of ether oxygens (including phenoxy) is 1. The molecule has 0 amide bonds. The van der Waals surface area contributed by atoms with E-state index in [1.54, 1.807) is 18.2 Å². The van der Waals surface area contributed by atoms with Crippen LogP contribution in [-0.2, 0) is 0 Å². The van der Waals surface area contributed by atoms with Gasteiger partial charge in [0.15, 0.2) is 5.76 Å². The van der Waals surface area contributed by atoms with E-state index < -0.39 is 11.2 Å². The minimum atomic E-state index is -0.547. The van der Waals surface area contributed by atoms with Crippen LogP contribution in [0, 0.1) is 0 Å². The summed E-state index contributed by atoms with van der Waals surface area (Å²) in [6, 6.07) is 8.39. The van der Waals surface area contributed by atoms with Crippen molar-refractivity contribution in [1.82, 2.24) is 0 Å². The van der Waals surface area contributed by atoms with Crippen LogP contribution in [0.1, 0.15) is 13.8 Å². The summed E-state index contributed by atoms with van der Waals surface area (Å²) in [5.74, 6) is -0.457. The fraction of sp³-hybridized carbons (Fsp3) is 0.150. The van der Waals surface area contributed by atoms with Crippen molar-refractivity contribution < 1.29 is 24.5 Å². The maximum Gasteiger partial charge on any atom is 0.239 e. The molecule has 2 aromatic carbocycles. The molecule has 6 nitrogen and oxygen atoms in total. The molecule has 1 aromatic heterocycles. The summed E-state index contributed by atoms with van der Waals surface area (Å²) >= 11 is 0. The van der Waals surface area contributed by atoms with Gasteiger partial charge in [-0.15, -0.1) is 0 Å². The van der Waals surface area contributed by atoms with E-state index in [2.05, 4.69) is 0 Å². The summed E-state index contributed by atoms with van der Waals surface area (Å²) in [6.07, 6.45) is 1.81. The maximum atomic E-state index is 12.9. The fourth-order valence-corrected chi connectivity index (χ4v) is 2.49. The Bertz CT molecular complexity index is 1040. The molecule has 0 aliphatic rings. The van der Waals surface area contributed by atoms with Gasteiger partial charge in [0, 0.05) is 17.7 Å². The molecule has 0 fully saturated rings. The Labute approximate surface area is 149 Å². The monoisotopic (exact) mass is 354 g/mol. The van der Waals surface area contributed by atoms with Crippen LogP contribution in [0.15, 0.2) is 57.3 Å². The van der Waals surface area contributed by atoms with Crippen LogP contribution < -0.4 is 10.2 Å². The molecule has 0 aliphatic heterocycles. The normalized spacial score (nSPS) is 10.7. The summed E-state index contributed by atoms with van der Waals surface area (Å²) in [5, 5.41) is 29.1. The molecule has 0 bridgehead atoms. The number of phenolic OH excluding ortho intramolecular Hbond substituents is 3. The van der Waals surface area contributed by atoms with Gasteiger partial charge < -0.3 is 24.5 Å². The van der Waals surface area contributed by atoms with E-state index in [0.29, 0.717) is 5.56 Å². The molecule has 0 saturated heterocycles. The van der Waals surface area contributed by atoms with E-state index in [1.807, 2.05) is 13.8 Å². The second-order valence-electron chi connectivity index (χ2n) is 6.07. The highest BCUT2D eigenvalue weighted by molar-refractivity contribution is 5.88. The van der Waals surface area contributed by atoms with Crippen LogP contribution in [0.4, 0.5) is 0 Å². The van der Waals surface area contributed by atoms with Gasteiger partial charge in [-0.1, -0.05) is 5.57 Å². The zero-order chi connectivity index (χ0) is 18.8. The minimum absolute atomic E-state index is 0.0325. The van der Waals surface area contributed by atoms with Crippen LogP contribution in [0.25, 0.3) is 22.3 Å². The summed E-state index contributed by atoms with van der Waals surface area (Å²) in [5.41, 5.74) is 1.02. The molecule has 0 radical (unpaired) electrons. The molecule has 0 spiro atoms. The van der Waals surface area contributed by atoms with Crippen LogP contribution in [-0.4, -0.2) is 21.9 Å². The van der Waals surface area contributed by atoms with Gasteiger partial charge in [0.05, 0.1) is 0 Å². The smallest absolute Gasteiger partial charge is 0.239 e. The predicted octanol–water partition coefficient (Wildman–Crippen LogP) is 3.92. The van der Waals surface area contributed by atoms with Crippen molar-refractivity contribution in [2.45, 2.75) is 13.8 Å². The molecular weight excluding hydrogens is 336 g/mol. The van der Waals surface area contributed by atoms with E-state index in [9.17, 15) is 20.1 Å². The summed E-state index contributed by atoms with van der Waals surface area (Å²) in [7, 11) is 0. The molecule has 0 aliphatic carbocycles. The topological polar surface area (TPSA) is 100 Å². The number of hydrogen-bond donors (Lipinski definition) is 3. The molecule has 3 aromatic rings. The Balaban J connectivity index is 2.27. The van der Waals surface area contributed by atoms with Crippen molar-refractivity contribution >= 4 is 11.0 Å². The van der Waals surface area contributed by atoms with Gasteiger partial charge in [-0.05, 0) is 44.2 Å². The summed E-state index contributed by atoms with van der Waals surface area (Å²) in [6.45, 7) is 3.96. The van der Waals surface area contributed by atoms with Crippen LogP contribution in [0.5, 0.6) is 23.0 Å². The number of phenols is 3. The van der Waals surface area contributed by atoms with Crippen molar-refractivity contribution in [2.75, 3.05) is 6.61 Å². The van der Waals surface area contributed by atoms with Crippen LogP contribution in [0.3, 0.4) is 0 Å². The first-order chi connectivity index (χ1) is 12.4. The lowest BCUT2D eigenvalue weighted by Gasteiger charge is -2.12. The number of aromatic hydroxyl groups is 3. The number of fused-ring (bicyclic) bond motifs is 1. The van der Waals surface area contributed by atoms with E-state index >= 15 is 0 Å². The second-order valence-corrected chi connectivity index (χ2v) is 6.07. The first-order valence-corrected chi connectivity index (χ1v) is 7.95. The maximum absolute atomic E-state index is 12.9. The van der Waals surface area contributed by atoms with Crippen LogP contribution in [0.2, 0.25) is 0 Å². The Morgan fingerprint density at radius 1 is 1.08 bits per heavy atom. The molecule has 6 heteroatoms. The molecule has 3 rings (SSSR count). The quantitative estimate of drug-likeness (QED) is 0.614. The average Bonchev–Trinajstić information content (AvgIpc) is 2.56. The lowest BCUT2D eigenvalue weighted by molar-refractivity contribution is 0.350. The van der Waals surface area contributed by atoms with E-state index in [-0.39, 0.29) is 40.6 Å². The highest BCUT2D eigenvalue weighted by Crippen LogP contribution is 2.36. The molecule has 26 heavy (non-hydrogen) atoms.